The average Bonchev–Trinajstić information content (AvgIpc) is 3.16. The number of nitrogens with zero attached hydrogens (tertiary/aromatic N) is 2. The molecule has 4 rings (SSSR count). The van der Waals surface area contributed by atoms with E-state index in [2.05, 4.69) is 17.4 Å². The maximum atomic E-state index is 6.03. The Bertz CT molecular complexity index is 956. The first-order chi connectivity index (χ1) is 13.2. The molecule has 0 radical (unpaired) electrons. The molecule has 1 aliphatic rings. The van der Waals surface area contributed by atoms with Crippen molar-refractivity contribution in [1.29, 1.82) is 0 Å². The number of thiocarbonyl (C=S) groups is 1. The molecule has 5 heteroatoms. The molecular formula is C22H18ClN3S. The van der Waals surface area contributed by atoms with Gasteiger partial charge in [0.25, 0.3) is 0 Å². The van der Waals surface area contributed by atoms with Crippen molar-refractivity contribution in [3.05, 3.63) is 101 Å². The molecule has 0 saturated heterocycles. The number of para-hydroxylation sites is 1. The molecule has 0 unspecified atom stereocenters. The predicted molar refractivity (Wildman–Crippen MR) is 116 cm³/mol. The normalized spacial score (nSPS) is 16.1. The summed E-state index contributed by atoms with van der Waals surface area (Å²) in [5, 5.41) is 11.3. The third kappa shape index (κ3) is 4.02. The monoisotopic (exact) mass is 391 g/mol. The summed E-state index contributed by atoms with van der Waals surface area (Å²) in [6.45, 7) is 0. The van der Waals surface area contributed by atoms with Crippen molar-refractivity contribution in [2.45, 2.75) is 12.5 Å². The number of nitrogens with one attached hydrogen (secondary N) is 1. The second-order valence-electron chi connectivity index (χ2n) is 6.32. The minimum absolute atomic E-state index is 0.0561. The maximum Gasteiger partial charge on any atom is 0.194 e. The molecule has 3 aromatic rings. The topological polar surface area (TPSA) is 27.6 Å². The molecule has 0 spiro atoms. The molecule has 0 aromatic heterocycles. The van der Waals surface area contributed by atoms with Crippen molar-refractivity contribution in [2.75, 3.05) is 5.32 Å². The second-order valence-corrected chi connectivity index (χ2v) is 7.15. The lowest BCUT2D eigenvalue weighted by Gasteiger charge is -2.24. The quantitative estimate of drug-likeness (QED) is 0.564. The smallest absolute Gasteiger partial charge is 0.194 e. The van der Waals surface area contributed by atoms with Gasteiger partial charge in [0.15, 0.2) is 5.11 Å². The van der Waals surface area contributed by atoms with Crippen LogP contribution in [0.15, 0.2) is 90.0 Å². The number of hydrogen-bond donors (Lipinski definition) is 1. The molecule has 0 amide bonds. The van der Waals surface area contributed by atoms with Crippen molar-refractivity contribution in [3.63, 3.8) is 0 Å². The Balaban J connectivity index is 1.65. The van der Waals surface area contributed by atoms with Crippen LogP contribution in [0.4, 0.5) is 5.69 Å². The number of hydrogen-bond acceptors (Lipinski definition) is 2. The van der Waals surface area contributed by atoms with E-state index < -0.39 is 0 Å². The standard InChI is InChI=1S/C22H18ClN3S/c23-18-13-11-16(12-14-18)20-15-21(17-7-3-1-4-8-17)26(25-20)22(27)24-19-9-5-2-6-10-19/h1-14,21H,15H2,(H,24,27)/t21-/m0/s1. The number of anilines is 1. The first-order valence-electron chi connectivity index (χ1n) is 8.74. The van der Waals surface area contributed by atoms with Gasteiger partial charge >= 0.3 is 0 Å². The minimum Gasteiger partial charge on any atom is -0.331 e. The van der Waals surface area contributed by atoms with Gasteiger partial charge in [-0.2, -0.15) is 5.10 Å². The van der Waals surface area contributed by atoms with E-state index >= 15 is 0 Å². The SMILES string of the molecule is S=C(Nc1ccccc1)N1N=C(c2ccc(Cl)cc2)C[C@H]1c1ccccc1. The van der Waals surface area contributed by atoms with E-state index in [1.165, 1.54) is 5.56 Å². The van der Waals surface area contributed by atoms with Gasteiger partial charge in [-0.15, -0.1) is 0 Å². The fourth-order valence-corrected chi connectivity index (χ4v) is 3.56. The van der Waals surface area contributed by atoms with Crippen LogP contribution in [0.25, 0.3) is 0 Å². The Morgan fingerprint density at radius 3 is 2.22 bits per heavy atom. The van der Waals surface area contributed by atoms with Crippen molar-refractivity contribution < 1.29 is 0 Å². The van der Waals surface area contributed by atoms with Gasteiger partial charge in [-0.05, 0) is 47.6 Å². The largest absolute Gasteiger partial charge is 0.331 e. The first kappa shape index (κ1) is 17.7. The lowest BCUT2D eigenvalue weighted by atomic mass is 9.99. The van der Waals surface area contributed by atoms with Crippen molar-refractivity contribution >= 4 is 40.3 Å². The van der Waals surface area contributed by atoms with Gasteiger partial charge in [-0.3, -0.25) is 0 Å². The molecule has 27 heavy (non-hydrogen) atoms. The van der Waals surface area contributed by atoms with Crippen molar-refractivity contribution in [1.82, 2.24) is 5.01 Å². The molecule has 134 valence electrons. The molecule has 1 N–H and O–H groups in total. The number of benzene rings is 3. The lowest BCUT2D eigenvalue weighted by molar-refractivity contribution is 0.375. The molecule has 0 saturated carbocycles. The summed E-state index contributed by atoms with van der Waals surface area (Å²) in [4.78, 5) is 0. The number of halogens is 1. The van der Waals surface area contributed by atoms with Gasteiger partial charge in [0, 0.05) is 17.1 Å². The van der Waals surface area contributed by atoms with Crippen molar-refractivity contribution in [3.8, 4) is 0 Å². The van der Waals surface area contributed by atoms with Gasteiger partial charge < -0.3 is 5.32 Å². The van der Waals surface area contributed by atoms with Gasteiger partial charge in [-0.25, -0.2) is 5.01 Å². The van der Waals surface area contributed by atoms with Crippen LogP contribution in [-0.2, 0) is 0 Å². The zero-order chi connectivity index (χ0) is 18.6. The molecule has 3 aromatic carbocycles. The maximum absolute atomic E-state index is 6.03. The lowest BCUT2D eigenvalue weighted by Crippen LogP contribution is -2.31. The van der Waals surface area contributed by atoms with E-state index in [4.69, 9.17) is 28.9 Å². The fourth-order valence-electron chi connectivity index (χ4n) is 3.15. The Morgan fingerprint density at radius 1 is 0.926 bits per heavy atom. The van der Waals surface area contributed by atoms with Crippen LogP contribution in [0.1, 0.15) is 23.6 Å². The minimum atomic E-state index is 0.0561. The molecule has 1 aliphatic heterocycles. The summed E-state index contributed by atoms with van der Waals surface area (Å²) in [5.41, 5.74) is 4.19. The van der Waals surface area contributed by atoms with Crippen LogP contribution in [0.2, 0.25) is 5.02 Å². The molecule has 0 aliphatic carbocycles. The Hall–Kier alpha value is -2.69. The third-order valence-electron chi connectivity index (χ3n) is 4.51. The first-order valence-corrected chi connectivity index (χ1v) is 9.53. The van der Waals surface area contributed by atoms with Crippen LogP contribution in [0.5, 0.6) is 0 Å². The van der Waals surface area contributed by atoms with Crippen LogP contribution >= 0.6 is 23.8 Å². The van der Waals surface area contributed by atoms with Gasteiger partial charge in [0.2, 0.25) is 0 Å². The molecule has 1 atom stereocenters. The number of rotatable bonds is 3. The molecular weight excluding hydrogens is 374 g/mol. The van der Waals surface area contributed by atoms with E-state index in [1.807, 2.05) is 77.8 Å². The van der Waals surface area contributed by atoms with Gasteiger partial charge in [0.1, 0.15) is 0 Å². The van der Waals surface area contributed by atoms with Gasteiger partial charge in [-0.1, -0.05) is 72.3 Å². The van der Waals surface area contributed by atoms with Crippen LogP contribution < -0.4 is 5.32 Å². The summed E-state index contributed by atoms with van der Waals surface area (Å²) < 4.78 is 0. The van der Waals surface area contributed by atoms with Crippen LogP contribution in [-0.4, -0.2) is 15.8 Å². The molecule has 0 bridgehead atoms. The number of hydrazone groups is 1. The van der Waals surface area contributed by atoms with Gasteiger partial charge in [0.05, 0.1) is 11.8 Å². The van der Waals surface area contributed by atoms with Crippen molar-refractivity contribution in [2.24, 2.45) is 5.10 Å². The summed E-state index contributed by atoms with van der Waals surface area (Å²) in [6, 6.07) is 28.1. The zero-order valence-corrected chi connectivity index (χ0v) is 16.1. The van der Waals surface area contributed by atoms with E-state index in [0.29, 0.717) is 5.11 Å². The highest BCUT2D eigenvalue weighted by molar-refractivity contribution is 7.80. The third-order valence-corrected chi connectivity index (χ3v) is 5.05. The summed E-state index contributed by atoms with van der Waals surface area (Å²) in [7, 11) is 0. The summed E-state index contributed by atoms with van der Waals surface area (Å²) in [5.74, 6) is 0. The second kappa shape index (κ2) is 7.91. The Morgan fingerprint density at radius 2 is 1.56 bits per heavy atom. The predicted octanol–water partition coefficient (Wildman–Crippen LogP) is 5.89. The highest BCUT2D eigenvalue weighted by atomic mass is 35.5. The fraction of sp³-hybridized carbons (Fsp3) is 0.0909. The zero-order valence-electron chi connectivity index (χ0n) is 14.5. The highest BCUT2D eigenvalue weighted by Gasteiger charge is 2.31. The summed E-state index contributed by atoms with van der Waals surface area (Å²) >= 11 is 11.7. The molecule has 3 nitrogen and oxygen atoms in total. The summed E-state index contributed by atoms with van der Waals surface area (Å²) in [6.07, 6.45) is 0.780. The average molecular weight is 392 g/mol. The molecule has 0 fully saturated rings. The Kier molecular flexibility index (Phi) is 5.19. The molecule has 1 heterocycles. The van der Waals surface area contributed by atoms with Crippen LogP contribution in [0.3, 0.4) is 0 Å². The van der Waals surface area contributed by atoms with E-state index in [9.17, 15) is 0 Å². The van der Waals surface area contributed by atoms with E-state index in [-0.39, 0.29) is 6.04 Å². The van der Waals surface area contributed by atoms with E-state index in [0.717, 1.165) is 28.4 Å². The highest BCUT2D eigenvalue weighted by Crippen LogP contribution is 2.33. The Labute approximate surface area is 169 Å². The van der Waals surface area contributed by atoms with Crippen LogP contribution in [0, 0.1) is 0 Å². The van der Waals surface area contributed by atoms with E-state index in [1.54, 1.807) is 0 Å².